The normalized spacial score (nSPS) is 11.4. The molecule has 0 atom stereocenters. The van der Waals surface area contributed by atoms with Crippen molar-refractivity contribution in [3.63, 3.8) is 0 Å². The summed E-state index contributed by atoms with van der Waals surface area (Å²) in [5.41, 5.74) is 4.46. The molecule has 0 radical (unpaired) electrons. The highest BCUT2D eigenvalue weighted by Crippen LogP contribution is 2.29. The first-order chi connectivity index (χ1) is 9.10. The van der Waals surface area contributed by atoms with Gasteiger partial charge in [0, 0.05) is 0 Å². The van der Waals surface area contributed by atoms with Gasteiger partial charge in [0.2, 0.25) is 0 Å². The molecule has 3 rings (SSSR count). The van der Waals surface area contributed by atoms with E-state index in [2.05, 4.69) is 35.9 Å². The number of hydrogen-bond donors (Lipinski definition) is 0. The molecule has 0 N–H and O–H groups in total. The summed E-state index contributed by atoms with van der Waals surface area (Å²) >= 11 is 13.4. The van der Waals surface area contributed by atoms with Crippen LogP contribution in [0.2, 0.25) is 5.15 Å². The van der Waals surface area contributed by atoms with Gasteiger partial charge in [-0.1, -0.05) is 22.9 Å². The number of aromatic nitrogens is 3. The van der Waals surface area contributed by atoms with Crippen molar-refractivity contribution in [2.24, 2.45) is 0 Å². The SMILES string of the molecule is Cc1cc2ncn(-c3nc(Cl)c(CCl)s3)c2cc1C. The Balaban J connectivity index is 2.22. The van der Waals surface area contributed by atoms with Crippen molar-refractivity contribution >= 4 is 45.6 Å². The third-order valence-electron chi connectivity index (χ3n) is 3.13. The van der Waals surface area contributed by atoms with E-state index in [0.717, 1.165) is 21.0 Å². The lowest BCUT2D eigenvalue weighted by molar-refractivity contribution is 1.06. The van der Waals surface area contributed by atoms with Gasteiger partial charge in [-0.2, -0.15) is 0 Å². The summed E-state index contributed by atoms with van der Waals surface area (Å²) in [5.74, 6) is 0.376. The molecule has 19 heavy (non-hydrogen) atoms. The smallest absolute Gasteiger partial charge is 0.197 e. The molecule has 0 saturated carbocycles. The predicted octanol–water partition coefficient (Wildman–Crippen LogP) is 4.49. The zero-order chi connectivity index (χ0) is 13.6. The van der Waals surface area contributed by atoms with Crippen molar-refractivity contribution in [2.45, 2.75) is 19.7 Å². The summed E-state index contributed by atoms with van der Waals surface area (Å²) in [6.45, 7) is 4.17. The lowest BCUT2D eigenvalue weighted by Gasteiger charge is -2.02. The van der Waals surface area contributed by atoms with Crippen molar-refractivity contribution in [2.75, 3.05) is 0 Å². The van der Waals surface area contributed by atoms with Gasteiger partial charge in [-0.15, -0.1) is 11.6 Å². The van der Waals surface area contributed by atoms with Gasteiger partial charge in [0.15, 0.2) is 5.13 Å². The molecule has 98 valence electrons. The summed E-state index contributed by atoms with van der Waals surface area (Å²) in [6.07, 6.45) is 1.77. The van der Waals surface area contributed by atoms with Crippen LogP contribution in [-0.4, -0.2) is 14.5 Å². The maximum absolute atomic E-state index is 6.05. The van der Waals surface area contributed by atoms with Crippen LogP contribution in [-0.2, 0) is 5.88 Å². The van der Waals surface area contributed by atoms with Crippen LogP contribution in [0.3, 0.4) is 0 Å². The van der Waals surface area contributed by atoms with Gasteiger partial charge in [-0.25, -0.2) is 9.97 Å². The number of alkyl halides is 1. The molecule has 1 aromatic carbocycles. The fourth-order valence-corrected chi connectivity index (χ4v) is 3.38. The average Bonchev–Trinajstić information content (AvgIpc) is 2.93. The Labute approximate surface area is 124 Å². The second-order valence-corrected chi connectivity index (χ2v) is 6.07. The monoisotopic (exact) mass is 311 g/mol. The molecule has 0 fully saturated rings. The molecule has 2 heterocycles. The Bertz CT molecular complexity index is 761. The number of hydrogen-bond acceptors (Lipinski definition) is 3. The molecule has 6 heteroatoms. The molecule has 0 aliphatic heterocycles. The van der Waals surface area contributed by atoms with Crippen LogP contribution in [0.4, 0.5) is 0 Å². The van der Waals surface area contributed by atoms with Crippen LogP contribution >= 0.6 is 34.5 Å². The van der Waals surface area contributed by atoms with Crippen LogP contribution in [0.25, 0.3) is 16.2 Å². The van der Waals surface area contributed by atoms with E-state index in [1.54, 1.807) is 6.33 Å². The topological polar surface area (TPSA) is 30.7 Å². The van der Waals surface area contributed by atoms with E-state index in [1.807, 2.05) is 4.57 Å². The van der Waals surface area contributed by atoms with Crippen molar-refractivity contribution < 1.29 is 0 Å². The molecule has 0 saturated heterocycles. The molecule has 2 aromatic heterocycles. The minimum Gasteiger partial charge on any atom is -0.274 e. The maximum Gasteiger partial charge on any atom is 0.197 e. The summed E-state index contributed by atoms with van der Waals surface area (Å²) < 4.78 is 1.95. The van der Waals surface area contributed by atoms with E-state index in [4.69, 9.17) is 23.2 Å². The van der Waals surface area contributed by atoms with Crippen LogP contribution < -0.4 is 0 Å². The van der Waals surface area contributed by atoms with Crippen molar-refractivity contribution in [1.82, 2.24) is 14.5 Å². The number of halogens is 2. The number of benzene rings is 1. The van der Waals surface area contributed by atoms with E-state index in [1.165, 1.54) is 22.5 Å². The first-order valence-electron chi connectivity index (χ1n) is 5.76. The quantitative estimate of drug-likeness (QED) is 0.653. The molecule has 0 unspecified atom stereocenters. The van der Waals surface area contributed by atoms with Crippen LogP contribution in [0, 0.1) is 13.8 Å². The number of aryl methyl sites for hydroxylation is 2. The van der Waals surface area contributed by atoms with Gasteiger partial charge in [-0.3, -0.25) is 4.57 Å². The lowest BCUT2D eigenvalue weighted by atomic mass is 10.1. The minimum atomic E-state index is 0.376. The predicted molar refractivity (Wildman–Crippen MR) is 80.8 cm³/mol. The molecular weight excluding hydrogens is 301 g/mol. The third-order valence-corrected chi connectivity index (χ3v) is 5.03. The Morgan fingerprint density at radius 3 is 2.68 bits per heavy atom. The number of fused-ring (bicyclic) bond motifs is 1. The van der Waals surface area contributed by atoms with E-state index in [-0.39, 0.29) is 0 Å². The largest absolute Gasteiger partial charge is 0.274 e. The summed E-state index contributed by atoms with van der Waals surface area (Å²) in [4.78, 5) is 9.64. The van der Waals surface area contributed by atoms with Crippen LogP contribution in [0.15, 0.2) is 18.5 Å². The summed E-state index contributed by atoms with van der Waals surface area (Å²) in [5, 5.41) is 1.27. The number of imidazole rings is 1. The number of nitrogens with zero attached hydrogens (tertiary/aromatic N) is 3. The highest BCUT2D eigenvalue weighted by Gasteiger charge is 2.13. The van der Waals surface area contributed by atoms with Gasteiger partial charge in [0.25, 0.3) is 0 Å². The first-order valence-corrected chi connectivity index (χ1v) is 7.49. The maximum atomic E-state index is 6.05. The van der Waals surface area contributed by atoms with Gasteiger partial charge in [0.05, 0.1) is 21.8 Å². The Morgan fingerprint density at radius 2 is 2.00 bits per heavy atom. The fraction of sp³-hybridized carbons (Fsp3) is 0.231. The van der Waals surface area contributed by atoms with Gasteiger partial charge < -0.3 is 0 Å². The molecule has 0 spiro atoms. The molecule has 3 nitrogen and oxygen atoms in total. The van der Waals surface area contributed by atoms with Crippen molar-refractivity contribution in [3.8, 4) is 5.13 Å². The lowest BCUT2D eigenvalue weighted by Crippen LogP contribution is -1.91. The van der Waals surface area contributed by atoms with Gasteiger partial charge >= 0.3 is 0 Å². The highest BCUT2D eigenvalue weighted by atomic mass is 35.5. The van der Waals surface area contributed by atoms with Gasteiger partial charge in [-0.05, 0) is 37.1 Å². The Morgan fingerprint density at radius 1 is 1.26 bits per heavy atom. The summed E-state index contributed by atoms with van der Waals surface area (Å²) in [6, 6.07) is 4.20. The molecule has 0 aliphatic rings. The molecular formula is C13H11Cl2N3S. The van der Waals surface area contributed by atoms with E-state index in [9.17, 15) is 0 Å². The zero-order valence-corrected chi connectivity index (χ0v) is 12.8. The zero-order valence-electron chi connectivity index (χ0n) is 10.4. The second kappa shape index (κ2) is 4.78. The third kappa shape index (κ3) is 2.14. The molecule has 0 amide bonds. The Hall–Kier alpha value is -1.10. The van der Waals surface area contributed by atoms with Crippen molar-refractivity contribution in [3.05, 3.63) is 39.6 Å². The first kappa shape index (κ1) is 12.9. The van der Waals surface area contributed by atoms with Gasteiger partial charge in [0.1, 0.15) is 11.5 Å². The van der Waals surface area contributed by atoms with Crippen LogP contribution in [0.5, 0.6) is 0 Å². The minimum absolute atomic E-state index is 0.376. The number of rotatable bonds is 2. The second-order valence-electron chi connectivity index (χ2n) is 4.38. The highest BCUT2D eigenvalue weighted by molar-refractivity contribution is 7.14. The van der Waals surface area contributed by atoms with E-state index < -0.39 is 0 Å². The van der Waals surface area contributed by atoms with Crippen molar-refractivity contribution in [1.29, 1.82) is 0 Å². The Kier molecular flexibility index (Phi) is 3.25. The van der Waals surface area contributed by atoms with E-state index >= 15 is 0 Å². The standard InChI is InChI=1S/C13H11Cl2N3S/c1-7-3-9-10(4-8(7)2)18(6-16-9)13-17-12(15)11(5-14)19-13/h3-4,6H,5H2,1-2H3. The summed E-state index contributed by atoms with van der Waals surface area (Å²) in [7, 11) is 0. The molecule has 3 aromatic rings. The van der Waals surface area contributed by atoms with Crippen LogP contribution in [0.1, 0.15) is 16.0 Å². The average molecular weight is 312 g/mol. The molecule has 0 aliphatic carbocycles. The number of thiazole rings is 1. The molecule has 0 bridgehead atoms. The van der Waals surface area contributed by atoms with E-state index in [0.29, 0.717) is 11.0 Å². The fourth-order valence-electron chi connectivity index (χ4n) is 1.92.